The zero-order valence-corrected chi connectivity index (χ0v) is 20.1. The summed E-state index contributed by atoms with van der Waals surface area (Å²) in [6.07, 6.45) is 18.4. The maximum Gasteiger partial charge on any atom is 0.336 e. The van der Waals surface area contributed by atoms with E-state index < -0.39 is 5.63 Å². The highest BCUT2D eigenvalue weighted by Gasteiger charge is 2.15. The van der Waals surface area contributed by atoms with Gasteiger partial charge in [-0.15, -0.1) is 0 Å². The minimum absolute atomic E-state index is 0.229. The van der Waals surface area contributed by atoms with Crippen molar-refractivity contribution >= 4 is 27.8 Å². The van der Waals surface area contributed by atoms with Gasteiger partial charge >= 0.3 is 5.63 Å². The maximum absolute atomic E-state index is 12.5. The van der Waals surface area contributed by atoms with E-state index in [-0.39, 0.29) is 11.7 Å². The molecule has 0 aliphatic rings. The molecule has 1 N–H and O–H groups in total. The van der Waals surface area contributed by atoms with Crippen molar-refractivity contribution in [3.8, 4) is 0 Å². The summed E-state index contributed by atoms with van der Waals surface area (Å²) in [5, 5.41) is 4.39. The van der Waals surface area contributed by atoms with Crippen LogP contribution in [-0.2, 0) is 0 Å². The van der Waals surface area contributed by atoms with E-state index >= 15 is 0 Å². The van der Waals surface area contributed by atoms with Gasteiger partial charge in [-0.05, 0) is 24.6 Å². The van der Waals surface area contributed by atoms with E-state index in [2.05, 4.69) is 12.2 Å². The second-order valence-corrected chi connectivity index (χ2v) is 9.11. The van der Waals surface area contributed by atoms with E-state index in [9.17, 15) is 9.59 Å². The van der Waals surface area contributed by atoms with E-state index in [0.29, 0.717) is 23.1 Å². The van der Waals surface area contributed by atoms with Crippen LogP contribution in [0.4, 0.5) is 0 Å². The molecular weight excluding hydrogens is 414 g/mol. The molecule has 0 fully saturated rings. The Morgan fingerprint density at radius 3 is 1.97 bits per heavy atom. The molecule has 0 saturated heterocycles. The molecule has 33 heavy (non-hydrogen) atoms. The molecule has 0 spiro atoms. The Morgan fingerprint density at radius 1 is 0.758 bits per heavy atom. The number of fused-ring (bicyclic) bond motifs is 3. The molecule has 5 heteroatoms. The fourth-order valence-electron chi connectivity index (χ4n) is 4.36. The van der Waals surface area contributed by atoms with Crippen LogP contribution in [-0.4, -0.2) is 12.5 Å². The van der Waals surface area contributed by atoms with Gasteiger partial charge in [-0.25, -0.2) is 4.79 Å². The number of furan rings is 1. The lowest BCUT2D eigenvalue weighted by Gasteiger charge is -2.04. The van der Waals surface area contributed by atoms with Gasteiger partial charge in [0, 0.05) is 24.1 Å². The second kappa shape index (κ2) is 13.9. The number of hydrogen-bond donors (Lipinski definition) is 1. The highest BCUT2D eigenvalue weighted by atomic mass is 16.4. The summed E-state index contributed by atoms with van der Waals surface area (Å²) in [6.45, 7) is 2.91. The number of hydrogen-bond acceptors (Lipinski definition) is 4. The molecular formula is C28H39NO4. The molecule has 1 aromatic carbocycles. The van der Waals surface area contributed by atoms with Crippen molar-refractivity contribution in [1.29, 1.82) is 0 Å². The first-order valence-electron chi connectivity index (χ1n) is 12.9. The molecule has 3 aromatic rings. The number of carbonyl (C=O) groups is 1. The van der Waals surface area contributed by atoms with Crippen molar-refractivity contribution in [2.45, 2.75) is 96.8 Å². The highest BCUT2D eigenvalue weighted by Crippen LogP contribution is 2.27. The molecule has 2 heterocycles. The van der Waals surface area contributed by atoms with Crippen LogP contribution in [0, 0.1) is 0 Å². The van der Waals surface area contributed by atoms with Gasteiger partial charge in [0.1, 0.15) is 11.2 Å². The van der Waals surface area contributed by atoms with E-state index in [1.807, 2.05) is 6.07 Å². The van der Waals surface area contributed by atoms with E-state index in [4.69, 9.17) is 8.83 Å². The minimum atomic E-state index is -0.417. The van der Waals surface area contributed by atoms with Crippen LogP contribution in [0.5, 0.6) is 0 Å². The number of benzene rings is 1. The average Bonchev–Trinajstić information content (AvgIpc) is 3.26. The van der Waals surface area contributed by atoms with Crippen molar-refractivity contribution in [3.05, 3.63) is 46.5 Å². The molecule has 5 nitrogen and oxygen atoms in total. The van der Waals surface area contributed by atoms with Crippen LogP contribution in [0.1, 0.15) is 107 Å². The summed E-state index contributed by atoms with van der Waals surface area (Å²) in [7, 11) is 0. The van der Waals surface area contributed by atoms with Crippen LogP contribution in [0.25, 0.3) is 21.9 Å². The summed E-state index contributed by atoms with van der Waals surface area (Å²) < 4.78 is 11.0. The number of rotatable bonds is 16. The molecule has 0 aliphatic carbocycles. The van der Waals surface area contributed by atoms with Crippen molar-refractivity contribution in [2.24, 2.45) is 0 Å². The summed E-state index contributed by atoms with van der Waals surface area (Å²) in [5.74, 6) is 0.0155. The van der Waals surface area contributed by atoms with Crippen LogP contribution in [0.15, 0.2) is 44.0 Å². The molecule has 3 rings (SSSR count). The monoisotopic (exact) mass is 453 g/mol. The van der Waals surface area contributed by atoms with Gasteiger partial charge in [-0.1, -0.05) is 90.4 Å². The SMILES string of the molecule is CCCCCCCCCCCCCCCCNC(=O)c1cc2c(ccc3ccc(=O)oc32)o1. The van der Waals surface area contributed by atoms with E-state index in [1.54, 1.807) is 18.2 Å². The summed E-state index contributed by atoms with van der Waals surface area (Å²) in [4.78, 5) is 24.0. The average molecular weight is 454 g/mol. The van der Waals surface area contributed by atoms with Crippen molar-refractivity contribution < 1.29 is 13.6 Å². The third kappa shape index (κ3) is 8.06. The maximum atomic E-state index is 12.5. The molecule has 1 amide bonds. The number of nitrogens with one attached hydrogen (secondary N) is 1. The lowest BCUT2D eigenvalue weighted by Crippen LogP contribution is -2.23. The van der Waals surface area contributed by atoms with E-state index in [1.165, 1.54) is 83.1 Å². The first-order valence-corrected chi connectivity index (χ1v) is 12.9. The predicted molar refractivity (Wildman–Crippen MR) is 135 cm³/mol. The lowest BCUT2D eigenvalue weighted by molar-refractivity contribution is 0.0927. The van der Waals surface area contributed by atoms with Gasteiger partial charge in [0.05, 0.1) is 5.39 Å². The standard InChI is InChI=1S/C28H39NO4/c1-2-3-4-5-6-7-8-9-10-11-12-13-14-15-20-29-28(31)25-21-23-24(32-25)18-16-22-17-19-26(30)33-27(22)23/h16-19,21H,2-15,20H2,1H3,(H,29,31). The molecule has 180 valence electrons. The molecule has 0 unspecified atom stereocenters. The number of unbranched alkanes of at least 4 members (excludes halogenated alkanes) is 13. The van der Waals surface area contributed by atoms with Crippen molar-refractivity contribution in [2.75, 3.05) is 6.54 Å². The van der Waals surface area contributed by atoms with Crippen LogP contribution < -0.4 is 10.9 Å². The Bertz CT molecular complexity index is 1050. The third-order valence-corrected chi connectivity index (χ3v) is 6.32. The first-order chi connectivity index (χ1) is 16.2. The van der Waals surface area contributed by atoms with Gasteiger partial charge in [0.2, 0.25) is 0 Å². The minimum Gasteiger partial charge on any atom is -0.451 e. The Hall–Kier alpha value is -2.56. The summed E-state index contributed by atoms with van der Waals surface area (Å²) in [5.41, 5.74) is 0.577. The summed E-state index contributed by atoms with van der Waals surface area (Å²) >= 11 is 0. The quantitative estimate of drug-likeness (QED) is 0.178. The molecule has 0 bridgehead atoms. The van der Waals surface area contributed by atoms with Crippen molar-refractivity contribution in [1.82, 2.24) is 5.32 Å². The lowest BCUT2D eigenvalue weighted by atomic mass is 10.0. The predicted octanol–water partition coefficient (Wildman–Crippen LogP) is 7.75. The fourth-order valence-corrected chi connectivity index (χ4v) is 4.36. The van der Waals surface area contributed by atoms with Crippen LogP contribution in [0.3, 0.4) is 0 Å². The zero-order chi connectivity index (χ0) is 23.3. The molecule has 2 aromatic heterocycles. The highest BCUT2D eigenvalue weighted by molar-refractivity contribution is 6.05. The second-order valence-electron chi connectivity index (χ2n) is 9.11. The Balaban J connectivity index is 1.26. The van der Waals surface area contributed by atoms with Crippen LogP contribution in [0.2, 0.25) is 0 Å². The van der Waals surface area contributed by atoms with Gasteiger partial charge in [-0.3, -0.25) is 4.79 Å². The molecule has 0 saturated carbocycles. The molecule has 0 aliphatic heterocycles. The van der Waals surface area contributed by atoms with Gasteiger partial charge in [0.15, 0.2) is 5.76 Å². The van der Waals surface area contributed by atoms with Crippen LogP contribution >= 0.6 is 0 Å². The summed E-state index contributed by atoms with van der Waals surface area (Å²) in [6, 6.07) is 8.37. The Morgan fingerprint density at radius 2 is 1.33 bits per heavy atom. The largest absolute Gasteiger partial charge is 0.451 e. The van der Waals surface area contributed by atoms with Crippen molar-refractivity contribution in [3.63, 3.8) is 0 Å². The number of carbonyl (C=O) groups excluding carboxylic acids is 1. The zero-order valence-electron chi connectivity index (χ0n) is 20.1. The van der Waals surface area contributed by atoms with Gasteiger partial charge in [0.25, 0.3) is 5.91 Å². The normalized spacial score (nSPS) is 11.4. The molecule has 0 atom stereocenters. The number of amides is 1. The Labute approximate surface area is 196 Å². The van der Waals surface area contributed by atoms with Gasteiger partial charge in [-0.2, -0.15) is 0 Å². The first kappa shape index (κ1) is 25.1. The topological polar surface area (TPSA) is 72.5 Å². The third-order valence-electron chi connectivity index (χ3n) is 6.32. The van der Waals surface area contributed by atoms with E-state index in [0.717, 1.165) is 18.2 Å². The fraction of sp³-hybridized carbons (Fsp3) is 0.571. The molecule has 0 radical (unpaired) electrons. The smallest absolute Gasteiger partial charge is 0.336 e. The Kier molecular flexibility index (Phi) is 10.5. The van der Waals surface area contributed by atoms with Gasteiger partial charge < -0.3 is 14.2 Å².